The van der Waals surface area contributed by atoms with Crippen LogP contribution in [-0.4, -0.2) is 92.6 Å². The van der Waals surface area contributed by atoms with E-state index in [1.807, 2.05) is 5.32 Å². The molecule has 170 valence electrons. The second kappa shape index (κ2) is 13.3. The van der Waals surface area contributed by atoms with E-state index >= 15 is 0 Å². The Morgan fingerprint density at radius 2 is 1.30 bits per heavy atom. The molecule has 0 rings (SSSR count). The Labute approximate surface area is 175 Å². The van der Waals surface area contributed by atoms with Gasteiger partial charge in [0.05, 0.1) is 13.0 Å². The minimum absolute atomic E-state index is 0.327. The van der Waals surface area contributed by atoms with Gasteiger partial charge in [0.25, 0.3) is 0 Å². The Kier molecular flexibility index (Phi) is 12.0. The molecule has 9 N–H and O–H groups in total. The molecule has 0 saturated heterocycles. The van der Waals surface area contributed by atoms with Crippen LogP contribution < -0.4 is 21.7 Å². The maximum atomic E-state index is 12.4. The second-order valence-corrected chi connectivity index (χ2v) is 6.39. The van der Waals surface area contributed by atoms with E-state index in [0.29, 0.717) is 0 Å². The molecule has 0 heterocycles. The summed E-state index contributed by atoms with van der Waals surface area (Å²) in [7, 11) is 0. The zero-order chi connectivity index (χ0) is 23.4. The van der Waals surface area contributed by atoms with E-state index in [-0.39, 0.29) is 12.2 Å². The minimum Gasteiger partial charge on any atom is -0.481 e. The Hall–Kier alpha value is -2.91. The first-order valence-electron chi connectivity index (χ1n) is 8.47. The number of hydrogen-bond donors (Lipinski definition) is 9. The largest absolute Gasteiger partial charge is 0.481 e. The van der Waals surface area contributed by atoms with Gasteiger partial charge in [0.2, 0.25) is 17.7 Å². The van der Waals surface area contributed by atoms with Gasteiger partial charge in [-0.15, -0.1) is 0 Å². The monoisotopic (exact) mass is 452 g/mol. The number of carboxylic acids is 3. The van der Waals surface area contributed by atoms with Crippen molar-refractivity contribution in [1.29, 1.82) is 0 Å². The fourth-order valence-electron chi connectivity index (χ4n) is 2.01. The van der Waals surface area contributed by atoms with E-state index in [4.69, 9.17) is 26.2 Å². The molecule has 0 aliphatic heterocycles. The molecule has 30 heavy (non-hydrogen) atoms. The third-order valence-electron chi connectivity index (χ3n) is 3.62. The normalized spacial score (nSPS) is 14.5. The average Bonchev–Trinajstić information content (AvgIpc) is 2.66. The molecule has 4 atom stereocenters. The molecular formula is C15H24N4O10S. The van der Waals surface area contributed by atoms with Crippen molar-refractivity contribution in [3.05, 3.63) is 0 Å². The Balaban J connectivity index is 5.26. The SMILES string of the molecule is NC(CO)C(=O)NC(CCC(=O)O)C(=O)NC(CS)C(=O)NC(CC(=O)O)C(=O)O. The minimum atomic E-state index is -1.76. The molecule has 0 aromatic heterocycles. The number of nitrogens with one attached hydrogen (secondary N) is 3. The first-order chi connectivity index (χ1) is 13.9. The van der Waals surface area contributed by atoms with Crippen molar-refractivity contribution in [3.63, 3.8) is 0 Å². The summed E-state index contributed by atoms with van der Waals surface area (Å²) in [6.07, 6.45) is -1.81. The zero-order valence-electron chi connectivity index (χ0n) is 15.6. The van der Waals surface area contributed by atoms with Gasteiger partial charge in [0.15, 0.2) is 0 Å². The van der Waals surface area contributed by atoms with Gasteiger partial charge in [-0.2, -0.15) is 12.6 Å². The zero-order valence-corrected chi connectivity index (χ0v) is 16.5. The van der Waals surface area contributed by atoms with Crippen LogP contribution in [0.2, 0.25) is 0 Å². The topological polar surface area (TPSA) is 245 Å². The van der Waals surface area contributed by atoms with Crippen LogP contribution in [0.4, 0.5) is 0 Å². The first-order valence-corrected chi connectivity index (χ1v) is 9.10. The maximum absolute atomic E-state index is 12.4. The molecular weight excluding hydrogens is 428 g/mol. The predicted molar refractivity (Wildman–Crippen MR) is 101 cm³/mol. The number of rotatable bonds is 14. The Morgan fingerprint density at radius 3 is 1.73 bits per heavy atom. The maximum Gasteiger partial charge on any atom is 0.326 e. The number of carboxylic acid groups (broad SMARTS) is 3. The van der Waals surface area contributed by atoms with Crippen LogP contribution in [0.25, 0.3) is 0 Å². The molecule has 14 nitrogen and oxygen atoms in total. The van der Waals surface area contributed by atoms with Crippen LogP contribution >= 0.6 is 12.6 Å². The number of aliphatic carboxylic acids is 3. The number of carbonyl (C=O) groups excluding carboxylic acids is 3. The van der Waals surface area contributed by atoms with Gasteiger partial charge in [0.1, 0.15) is 24.2 Å². The number of hydrogen-bond acceptors (Lipinski definition) is 9. The fourth-order valence-corrected chi connectivity index (χ4v) is 2.27. The van der Waals surface area contributed by atoms with E-state index in [0.717, 1.165) is 0 Å². The Morgan fingerprint density at radius 1 is 0.800 bits per heavy atom. The van der Waals surface area contributed by atoms with Crippen LogP contribution in [0.1, 0.15) is 19.3 Å². The van der Waals surface area contributed by atoms with E-state index < -0.39 is 79.2 Å². The number of amides is 3. The van der Waals surface area contributed by atoms with Crippen LogP contribution in [-0.2, 0) is 28.8 Å². The van der Waals surface area contributed by atoms with Gasteiger partial charge >= 0.3 is 17.9 Å². The lowest BCUT2D eigenvalue weighted by atomic mass is 10.1. The van der Waals surface area contributed by atoms with Crippen molar-refractivity contribution in [2.24, 2.45) is 5.73 Å². The van der Waals surface area contributed by atoms with Crippen molar-refractivity contribution < 1.29 is 49.2 Å². The van der Waals surface area contributed by atoms with E-state index in [2.05, 4.69) is 23.3 Å². The summed E-state index contributed by atoms with van der Waals surface area (Å²) in [4.78, 5) is 69.0. The van der Waals surface area contributed by atoms with Gasteiger partial charge in [0, 0.05) is 12.2 Å². The Bertz CT molecular complexity index is 674. The van der Waals surface area contributed by atoms with E-state index in [9.17, 15) is 28.8 Å². The number of carbonyl (C=O) groups is 6. The molecule has 0 aliphatic carbocycles. The molecule has 15 heteroatoms. The van der Waals surface area contributed by atoms with Crippen molar-refractivity contribution in [2.75, 3.05) is 12.4 Å². The summed E-state index contributed by atoms with van der Waals surface area (Å²) in [6, 6.07) is -6.00. The molecule has 0 bridgehead atoms. The summed E-state index contributed by atoms with van der Waals surface area (Å²) in [5.41, 5.74) is 5.33. The summed E-state index contributed by atoms with van der Waals surface area (Å²) in [5, 5.41) is 41.6. The number of nitrogens with two attached hydrogens (primary N) is 1. The van der Waals surface area contributed by atoms with Crippen molar-refractivity contribution in [3.8, 4) is 0 Å². The predicted octanol–water partition coefficient (Wildman–Crippen LogP) is -3.89. The lowest BCUT2D eigenvalue weighted by Crippen LogP contribution is -2.58. The van der Waals surface area contributed by atoms with Crippen LogP contribution in [0.3, 0.4) is 0 Å². The van der Waals surface area contributed by atoms with Gasteiger partial charge in [-0.1, -0.05) is 0 Å². The molecule has 0 spiro atoms. The molecule has 0 aliphatic rings. The lowest BCUT2D eigenvalue weighted by molar-refractivity contribution is -0.147. The van der Waals surface area contributed by atoms with Crippen molar-refractivity contribution in [1.82, 2.24) is 16.0 Å². The molecule has 3 amide bonds. The molecule has 0 aromatic rings. The number of aliphatic hydroxyl groups is 1. The third kappa shape index (κ3) is 10.0. The molecule has 4 unspecified atom stereocenters. The average molecular weight is 452 g/mol. The van der Waals surface area contributed by atoms with E-state index in [1.165, 1.54) is 0 Å². The van der Waals surface area contributed by atoms with Gasteiger partial charge in [-0.05, 0) is 6.42 Å². The lowest BCUT2D eigenvalue weighted by Gasteiger charge is -2.23. The third-order valence-corrected chi connectivity index (χ3v) is 3.99. The molecule has 0 fully saturated rings. The summed E-state index contributed by atoms with van der Waals surface area (Å²) < 4.78 is 0. The van der Waals surface area contributed by atoms with Crippen LogP contribution in [0.15, 0.2) is 0 Å². The van der Waals surface area contributed by atoms with Gasteiger partial charge in [-0.3, -0.25) is 24.0 Å². The van der Waals surface area contributed by atoms with Gasteiger partial charge in [-0.25, -0.2) is 4.79 Å². The standard InChI is InChI=1S/C15H24N4O10S/c16-6(4-20)12(25)17-7(1-2-10(21)22)13(26)19-9(5-30)14(27)18-8(15(28)29)3-11(23)24/h6-9,20,30H,1-5,16H2,(H,17,25)(H,18,27)(H,19,26)(H,21,22)(H,23,24)(H,28,29). The fraction of sp³-hybridized carbons (Fsp3) is 0.600. The molecule has 0 radical (unpaired) electrons. The number of aliphatic hydroxyl groups excluding tert-OH is 1. The van der Waals surface area contributed by atoms with Gasteiger partial charge < -0.3 is 42.1 Å². The molecule has 0 saturated carbocycles. The van der Waals surface area contributed by atoms with Crippen molar-refractivity contribution in [2.45, 2.75) is 43.4 Å². The highest BCUT2D eigenvalue weighted by Crippen LogP contribution is 2.02. The van der Waals surface area contributed by atoms with Crippen LogP contribution in [0, 0.1) is 0 Å². The second-order valence-electron chi connectivity index (χ2n) is 6.02. The quantitative estimate of drug-likeness (QED) is 0.115. The highest BCUT2D eigenvalue weighted by molar-refractivity contribution is 7.80. The summed E-state index contributed by atoms with van der Waals surface area (Å²) in [6.45, 7) is -0.735. The molecule has 0 aromatic carbocycles. The smallest absolute Gasteiger partial charge is 0.326 e. The summed E-state index contributed by atoms with van der Waals surface area (Å²) >= 11 is 3.87. The summed E-state index contributed by atoms with van der Waals surface area (Å²) in [5.74, 6) is -7.67. The van der Waals surface area contributed by atoms with Crippen LogP contribution in [0.5, 0.6) is 0 Å². The highest BCUT2D eigenvalue weighted by atomic mass is 32.1. The highest BCUT2D eigenvalue weighted by Gasteiger charge is 2.30. The first kappa shape index (κ1) is 27.1. The number of thiol groups is 1. The van der Waals surface area contributed by atoms with Crippen molar-refractivity contribution >= 4 is 48.3 Å². The van der Waals surface area contributed by atoms with E-state index in [1.54, 1.807) is 0 Å².